The second-order valence-electron chi connectivity index (χ2n) is 8.14. The zero-order valence-electron chi connectivity index (χ0n) is 18.9. The van der Waals surface area contributed by atoms with Gasteiger partial charge in [0.05, 0.1) is 5.56 Å². The van der Waals surface area contributed by atoms with Crippen LogP contribution in [0.3, 0.4) is 0 Å². The van der Waals surface area contributed by atoms with Crippen molar-refractivity contribution in [3.05, 3.63) is 83.4 Å². The van der Waals surface area contributed by atoms with Gasteiger partial charge >= 0.3 is 12.1 Å². The first-order valence-corrected chi connectivity index (χ1v) is 10.8. The number of nitrogens with one attached hydrogen (secondary N) is 1. The summed E-state index contributed by atoms with van der Waals surface area (Å²) in [6.07, 6.45) is -4.58. The summed E-state index contributed by atoms with van der Waals surface area (Å²) in [5, 5.41) is 15.8. The maximum Gasteiger partial charge on any atom is 0.417 e. The Balaban J connectivity index is 1.64. The van der Waals surface area contributed by atoms with Crippen LogP contribution in [0.25, 0.3) is 34.0 Å². The zero-order chi connectivity index (χ0) is 25.2. The van der Waals surface area contributed by atoms with E-state index in [9.17, 15) is 18.0 Å². The summed E-state index contributed by atoms with van der Waals surface area (Å²) >= 11 is 0. The van der Waals surface area contributed by atoms with Gasteiger partial charge < -0.3 is 14.9 Å². The number of hydrogen-bond acceptors (Lipinski definition) is 5. The summed E-state index contributed by atoms with van der Waals surface area (Å²) in [7, 11) is 0. The maximum atomic E-state index is 13.9. The van der Waals surface area contributed by atoms with E-state index in [2.05, 4.69) is 15.5 Å². The minimum Gasteiger partial charge on any atom is -0.480 e. The molecule has 0 amide bonds. The van der Waals surface area contributed by atoms with E-state index in [0.29, 0.717) is 17.7 Å². The third-order valence-corrected chi connectivity index (χ3v) is 5.60. The highest BCUT2D eigenvalue weighted by atomic mass is 19.4. The van der Waals surface area contributed by atoms with Crippen molar-refractivity contribution < 1.29 is 27.6 Å². The molecule has 1 heterocycles. The second-order valence-corrected chi connectivity index (χ2v) is 8.14. The van der Waals surface area contributed by atoms with Gasteiger partial charge in [-0.15, -0.1) is 0 Å². The van der Waals surface area contributed by atoms with Crippen molar-refractivity contribution in [2.45, 2.75) is 32.6 Å². The van der Waals surface area contributed by atoms with Crippen molar-refractivity contribution in [1.29, 1.82) is 0 Å². The van der Waals surface area contributed by atoms with Gasteiger partial charge in [0, 0.05) is 17.7 Å². The molecule has 0 saturated carbocycles. The van der Waals surface area contributed by atoms with E-state index < -0.39 is 23.8 Å². The maximum absolute atomic E-state index is 13.9. The van der Waals surface area contributed by atoms with Crippen LogP contribution in [0.4, 0.5) is 13.2 Å². The zero-order valence-corrected chi connectivity index (χ0v) is 18.9. The molecule has 1 atom stereocenters. The molecule has 0 aliphatic rings. The van der Waals surface area contributed by atoms with Crippen LogP contribution in [0.2, 0.25) is 0 Å². The summed E-state index contributed by atoms with van der Waals surface area (Å²) < 4.78 is 47.1. The number of rotatable bonds is 7. The molecule has 6 nitrogen and oxygen atoms in total. The molecule has 0 unspecified atom stereocenters. The first-order valence-electron chi connectivity index (χ1n) is 10.8. The van der Waals surface area contributed by atoms with Gasteiger partial charge in [0.1, 0.15) is 6.04 Å². The highest BCUT2D eigenvalue weighted by Gasteiger charge is 2.34. The molecule has 3 aromatic carbocycles. The van der Waals surface area contributed by atoms with Crippen LogP contribution < -0.4 is 5.32 Å². The minimum atomic E-state index is -4.58. The quantitative estimate of drug-likeness (QED) is 0.339. The van der Waals surface area contributed by atoms with Crippen LogP contribution in [-0.4, -0.2) is 27.3 Å². The van der Waals surface area contributed by atoms with Crippen LogP contribution in [0.5, 0.6) is 0 Å². The van der Waals surface area contributed by atoms with Crippen molar-refractivity contribution >= 4 is 5.97 Å². The molecule has 0 saturated heterocycles. The molecule has 2 N–H and O–H groups in total. The third kappa shape index (κ3) is 5.41. The van der Waals surface area contributed by atoms with Crippen LogP contribution in [-0.2, 0) is 17.5 Å². The lowest BCUT2D eigenvalue weighted by Crippen LogP contribution is -2.33. The number of carboxylic acid groups (broad SMARTS) is 1. The van der Waals surface area contributed by atoms with Crippen molar-refractivity contribution in [1.82, 2.24) is 15.5 Å². The fourth-order valence-corrected chi connectivity index (χ4v) is 3.66. The average molecular weight is 481 g/mol. The van der Waals surface area contributed by atoms with Crippen LogP contribution >= 0.6 is 0 Å². The molecule has 0 spiro atoms. The lowest BCUT2D eigenvalue weighted by atomic mass is 9.94. The molecule has 9 heteroatoms. The largest absolute Gasteiger partial charge is 0.480 e. The number of aliphatic carboxylic acids is 1. The second kappa shape index (κ2) is 9.71. The fraction of sp³-hybridized carbons (Fsp3) is 0.192. The Hall–Kier alpha value is -3.98. The first kappa shape index (κ1) is 24.2. The highest BCUT2D eigenvalue weighted by molar-refractivity contribution is 5.75. The molecule has 0 aliphatic carbocycles. The first-order chi connectivity index (χ1) is 16.6. The van der Waals surface area contributed by atoms with Crippen molar-refractivity contribution in [2.24, 2.45) is 0 Å². The van der Waals surface area contributed by atoms with Gasteiger partial charge in [-0.05, 0) is 54.3 Å². The van der Waals surface area contributed by atoms with E-state index >= 15 is 0 Å². The van der Waals surface area contributed by atoms with Gasteiger partial charge in [-0.3, -0.25) is 4.79 Å². The molecular formula is C26H22F3N3O3. The summed E-state index contributed by atoms with van der Waals surface area (Å²) in [5.74, 6) is -0.787. The number of alkyl halides is 3. The molecule has 35 heavy (non-hydrogen) atoms. The normalized spacial score (nSPS) is 12.5. The molecule has 4 aromatic rings. The van der Waals surface area contributed by atoms with Gasteiger partial charge in [-0.2, -0.15) is 18.2 Å². The number of halogens is 3. The van der Waals surface area contributed by atoms with Crippen LogP contribution in [0.1, 0.15) is 23.6 Å². The van der Waals surface area contributed by atoms with E-state index in [1.165, 1.54) is 19.1 Å². The molecule has 0 fully saturated rings. The van der Waals surface area contributed by atoms with Crippen molar-refractivity contribution in [3.63, 3.8) is 0 Å². The molecule has 4 rings (SSSR count). The Labute approximate surface area is 199 Å². The molecule has 0 aliphatic heterocycles. The van der Waals surface area contributed by atoms with Gasteiger partial charge in [0.25, 0.3) is 5.89 Å². The van der Waals surface area contributed by atoms with Crippen LogP contribution in [0, 0.1) is 6.92 Å². The summed E-state index contributed by atoms with van der Waals surface area (Å²) in [4.78, 5) is 15.3. The number of carboxylic acids is 1. The Bertz CT molecular complexity index is 1370. The number of carbonyl (C=O) groups is 1. The molecule has 180 valence electrons. The van der Waals surface area contributed by atoms with Gasteiger partial charge in [0.2, 0.25) is 5.82 Å². The summed E-state index contributed by atoms with van der Waals surface area (Å²) in [6.45, 7) is 3.61. The fourth-order valence-electron chi connectivity index (χ4n) is 3.66. The van der Waals surface area contributed by atoms with E-state index in [1.807, 2.05) is 6.07 Å². The van der Waals surface area contributed by atoms with E-state index in [4.69, 9.17) is 9.63 Å². The minimum absolute atomic E-state index is 0.0372. The monoisotopic (exact) mass is 481 g/mol. The molecule has 0 radical (unpaired) electrons. The van der Waals surface area contributed by atoms with E-state index in [0.717, 1.165) is 17.2 Å². The Morgan fingerprint density at radius 1 is 1.03 bits per heavy atom. The van der Waals surface area contributed by atoms with E-state index in [-0.39, 0.29) is 22.8 Å². The lowest BCUT2D eigenvalue weighted by molar-refractivity contribution is -0.139. The Kier molecular flexibility index (Phi) is 6.70. The highest BCUT2D eigenvalue weighted by Crippen LogP contribution is 2.40. The van der Waals surface area contributed by atoms with Crippen LogP contribution in [0.15, 0.2) is 71.3 Å². The summed E-state index contributed by atoms with van der Waals surface area (Å²) in [5.41, 5.74) is 2.07. The van der Waals surface area contributed by atoms with Gasteiger partial charge in [-0.25, -0.2) is 0 Å². The molecule has 1 aromatic heterocycles. The van der Waals surface area contributed by atoms with E-state index in [1.54, 1.807) is 49.4 Å². The number of aromatic nitrogens is 2. The smallest absolute Gasteiger partial charge is 0.417 e. The van der Waals surface area contributed by atoms with Crippen molar-refractivity contribution in [3.8, 4) is 34.0 Å². The topological polar surface area (TPSA) is 88.2 Å². The number of aryl methyl sites for hydroxylation is 1. The SMILES string of the molecule is Cc1ccccc1-c1ccc(-c2nc(-c3cccc(CN[C@H](C)C(=O)O)c3)no2)cc1C(F)(F)F. The average Bonchev–Trinajstić information content (AvgIpc) is 3.32. The number of hydrogen-bond donors (Lipinski definition) is 2. The lowest BCUT2D eigenvalue weighted by Gasteiger charge is -2.15. The third-order valence-electron chi connectivity index (χ3n) is 5.60. The number of nitrogens with zero attached hydrogens (tertiary/aromatic N) is 2. The predicted molar refractivity (Wildman–Crippen MR) is 124 cm³/mol. The number of benzene rings is 3. The van der Waals surface area contributed by atoms with Gasteiger partial charge in [-0.1, -0.05) is 53.7 Å². The summed E-state index contributed by atoms with van der Waals surface area (Å²) in [6, 6.07) is 17.2. The van der Waals surface area contributed by atoms with Gasteiger partial charge in [0.15, 0.2) is 0 Å². The molecular weight excluding hydrogens is 459 g/mol. The van der Waals surface area contributed by atoms with Crippen molar-refractivity contribution in [2.75, 3.05) is 0 Å². The Morgan fingerprint density at radius 3 is 2.51 bits per heavy atom. The molecule has 0 bridgehead atoms. The standard InChI is InChI=1S/C26H22F3N3O3/c1-15-6-3-4-9-20(15)21-11-10-19(13-22(21)26(27,28)29)24-31-23(32-35-24)18-8-5-7-17(12-18)14-30-16(2)25(33)34/h3-13,16,30H,14H2,1-2H3,(H,33,34)/t16-/m1/s1. The Morgan fingerprint density at radius 2 is 1.80 bits per heavy atom. The predicted octanol–water partition coefficient (Wildman–Crippen LogP) is 5.96.